The summed E-state index contributed by atoms with van der Waals surface area (Å²) in [5, 5.41) is 11.0. The normalized spacial score (nSPS) is 18.3. The summed E-state index contributed by atoms with van der Waals surface area (Å²) in [6, 6.07) is 2.91. The van der Waals surface area contributed by atoms with Gasteiger partial charge in [-0.1, -0.05) is 0 Å². The Hall–Kier alpha value is -1.86. The summed E-state index contributed by atoms with van der Waals surface area (Å²) in [5.41, 5.74) is 5.86. The molecule has 0 amide bonds. The first-order valence-corrected chi connectivity index (χ1v) is 5.95. The highest BCUT2D eigenvalue weighted by Crippen LogP contribution is 2.35. The number of hydrogen-bond donors (Lipinski definition) is 1. The zero-order chi connectivity index (χ0) is 13.8. The van der Waals surface area contributed by atoms with E-state index in [4.69, 9.17) is 19.9 Å². The number of benzene rings is 1. The molecule has 1 atom stereocenters. The van der Waals surface area contributed by atoms with Crippen LogP contribution in [0.15, 0.2) is 12.1 Å². The lowest BCUT2D eigenvalue weighted by atomic mass is 10.1. The highest BCUT2D eigenvalue weighted by molar-refractivity contribution is 5.54. The van der Waals surface area contributed by atoms with Gasteiger partial charge in [-0.2, -0.15) is 0 Å². The third-order valence-corrected chi connectivity index (χ3v) is 2.96. The van der Waals surface area contributed by atoms with Crippen LogP contribution in [0.25, 0.3) is 0 Å². The second kappa shape index (κ2) is 5.85. The topological polar surface area (TPSA) is 96.9 Å². The van der Waals surface area contributed by atoms with E-state index in [0.29, 0.717) is 30.3 Å². The van der Waals surface area contributed by atoms with E-state index >= 15 is 0 Å². The van der Waals surface area contributed by atoms with Gasteiger partial charge in [0, 0.05) is 18.5 Å². The molecule has 1 aromatic rings. The Balaban J connectivity index is 2.34. The second-order valence-electron chi connectivity index (χ2n) is 4.20. The van der Waals surface area contributed by atoms with Gasteiger partial charge in [0.1, 0.15) is 6.10 Å². The molecule has 1 aromatic carbocycles. The third kappa shape index (κ3) is 2.94. The average molecular weight is 268 g/mol. The Morgan fingerprint density at radius 2 is 2.32 bits per heavy atom. The van der Waals surface area contributed by atoms with Gasteiger partial charge in [-0.25, -0.2) is 0 Å². The molecular formula is C12H16N2O5. The molecule has 104 valence electrons. The van der Waals surface area contributed by atoms with E-state index < -0.39 is 4.92 Å². The van der Waals surface area contributed by atoms with Gasteiger partial charge < -0.3 is 19.9 Å². The van der Waals surface area contributed by atoms with Crippen molar-refractivity contribution < 1.29 is 19.1 Å². The van der Waals surface area contributed by atoms with E-state index in [-0.39, 0.29) is 18.3 Å². The van der Waals surface area contributed by atoms with Gasteiger partial charge in [0.25, 0.3) is 5.69 Å². The molecule has 7 heteroatoms. The van der Waals surface area contributed by atoms with E-state index in [1.807, 2.05) is 0 Å². The number of ether oxygens (including phenoxy) is 3. The lowest BCUT2D eigenvalue weighted by Gasteiger charge is -2.15. The molecular weight excluding hydrogens is 252 g/mol. The lowest BCUT2D eigenvalue weighted by Crippen LogP contribution is -2.16. The van der Waals surface area contributed by atoms with Gasteiger partial charge in [0.05, 0.1) is 31.3 Å². The van der Waals surface area contributed by atoms with Crippen LogP contribution in [0.4, 0.5) is 5.69 Å². The molecule has 2 N–H and O–H groups in total. The first-order chi connectivity index (χ1) is 9.15. The van der Waals surface area contributed by atoms with E-state index in [0.717, 1.165) is 6.42 Å². The minimum absolute atomic E-state index is 0.0581. The minimum Gasteiger partial charge on any atom is -0.493 e. The van der Waals surface area contributed by atoms with Crippen molar-refractivity contribution in [1.82, 2.24) is 0 Å². The molecule has 1 aliphatic rings. The molecule has 1 unspecified atom stereocenters. The SMILES string of the molecule is COc1cc(CN)c([N+](=O)[O-])cc1OC1CCOC1. The summed E-state index contributed by atoms with van der Waals surface area (Å²) in [6.07, 6.45) is 0.660. The summed E-state index contributed by atoms with van der Waals surface area (Å²) < 4.78 is 16.1. The van der Waals surface area contributed by atoms with Crippen LogP contribution in [-0.4, -0.2) is 31.4 Å². The molecule has 0 spiro atoms. The molecule has 1 fully saturated rings. The molecule has 0 bridgehead atoms. The van der Waals surface area contributed by atoms with E-state index in [1.165, 1.54) is 13.2 Å². The number of rotatable bonds is 5. The maximum atomic E-state index is 11.0. The maximum Gasteiger partial charge on any atom is 0.277 e. The minimum atomic E-state index is -0.473. The van der Waals surface area contributed by atoms with Crippen LogP contribution in [-0.2, 0) is 11.3 Å². The van der Waals surface area contributed by atoms with Gasteiger partial charge in [0.15, 0.2) is 11.5 Å². The van der Waals surface area contributed by atoms with Crippen molar-refractivity contribution in [2.45, 2.75) is 19.1 Å². The first kappa shape index (κ1) is 13.6. The van der Waals surface area contributed by atoms with Crippen molar-refractivity contribution in [3.05, 3.63) is 27.8 Å². The van der Waals surface area contributed by atoms with Gasteiger partial charge >= 0.3 is 0 Å². The standard InChI is InChI=1S/C12H16N2O5/c1-17-11-4-8(6-13)10(14(15)16)5-12(11)19-9-2-3-18-7-9/h4-5,9H,2-3,6-7,13H2,1H3. The van der Waals surface area contributed by atoms with Crippen LogP contribution >= 0.6 is 0 Å². The maximum absolute atomic E-state index is 11.0. The largest absolute Gasteiger partial charge is 0.493 e. The number of methoxy groups -OCH3 is 1. The molecule has 7 nitrogen and oxygen atoms in total. The number of nitro groups is 1. The number of nitro benzene ring substituents is 1. The van der Waals surface area contributed by atoms with Crippen molar-refractivity contribution in [1.29, 1.82) is 0 Å². The van der Waals surface area contributed by atoms with Crippen molar-refractivity contribution in [2.75, 3.05) is 20.3 Å². The average Bonchev–Trinajstić information content (AvgIpc) is 2.91. The Morgan fingerprint density at radius 3 is 2.84 bits per heavy atom. The van der Waals surface area contributed by atoms with Crippen LogP contribution < -0.4 is 15.2 Å². The zero-order valence-electron chi connectivity index (χ0n) is 10.6. The van der Waals surface area contributed by atoms with Gasteiger partial charge in [0.2, 0.25) is 0 Å². The van der Waals surface area contributed by atoms with Crippen molar-refractivity contribution in [3.8, 4) is 11.5 Å². The third-order valence-electron chi connectivity index (χ3n) is 2.96. The Bertz CT molecular complexity index is 471. The smallest absolute Gasteiger partial charge is 0.277 e. The summed E-state index contributed by atoms with van der Waals surface area (Å²) >= 11 is 0. The van der Waals surface area contributed by atoms with E-state index in [1.54, 1.807) is 6.07 Å². The van der Waals surface area contributed by atoms with Crippen LogP contribution in [0.1, 0.15) is 12.0 Å². The predicted molar refractivity (Wildman–Crippen MR) is 67.4 cm³/mol. The Labute approximate surface area is 110 Å². The van der Waals surface area contributed by atoms with Gasteiger partial charge in [-0.05, 0) is 6.07 Å². The number of nitrogens with zero attached hydrogens (tertiary/aromatic N) is 1. The zero-order valence-corrected chi connectivity index (χ0v) is 10.6. The highest BCUT2D eigenvalue weighted by atomic mass is 16.6. The molecule has 0 aliphatic carbocycles. The van der Waals surface area contributed by atoms with Crippen LogP contribution in [0.5, 0.6) is 11.5 Å². The van der Waals surface area contributed by atoms with Crippen molar-refractivity contribution in [3.63, 3.8) is 0 Å². The molecule has 19 heavy (non-hydrogen) atoms. The Morgan fingerprint density at radius 1 is 1.53 bits per heavy atom. The summed E-state index contributed by atoms with van der Waals surface area (Å²) in [5.74, 6) is 0.792. The molecule has 1 saturated heterocycles. The molecule has 2 rings (SSSR count). The molecule has 0 radical (unpaired) electrons. The molecule has 1 heterocycles. The quantitative estimate of drug-likeness (QED) is 0.637. The second-order valence-corrected chi connectivity index (χ2v) is 4.20. The molecule has 1 aliphatic heterocycles. The van der Waals surface area contributed by atoms with Crippen LogP contribution in [0.3, 0.4) is 0 Å². The highest BCUT2D eigenvalue weighted by Gasteiger charge is 2.23. The molecule has 0 aromatic heterocycles. The van der Waals surface area contributed by atoms with Crippen LogP contribution in [0, 0.1) is 10.1 Å². The van der Waals surface area contributed by atoms with E-state index in [2.05, 4.69) is 0 Å². The van der Waals surface area contributed by atoms with E-state index in [9.17, 15) is 10.1 Å². The lowest BCUT2D eigenvalue weighted by molar-refractivity contribution is -0.385. The van der Waals surface area contributed by atoms with Crippen molar-refractivity contribution >= 4 is 5.69 Å². The van der Waals surface area contributed by atoms with Gasteiger partial charge in [-0.3, -0.25) is 10.1 Å². The summed E-state index contributed by atoms with van der Waals surface area (Å²) in [7, 11) is 1.49. The fraction of sp³-hybridized carbons (Fsp3) is 0.500. The summed E-state index contributed by atoms with van der Waals surface area (Å²) in [6.45, 7) is 1.19. The van der Waals surface area contributed by atoms with Crippen molar-refractivity contribution in [2.24, 2.45) is 5.73 Å². The Kier molecular flexibility index (Phi) is 4.18. The fourth-order valence-corrected chi connectivity index (χ4v) is 1.96. The van der Waals surface area contributed by atoms with Crippen LogP contribution in [0.2, 0.25) is 0 Å². The van der Waals surface area contributed by atoms with Gasteiger partial charge in [-0.15, -0.1) is 0 Å². The fourth-order valence-electron chi connectivity index (χ4n) is 1.96. The first-order valence-electron chi connectivity index (χ1n) is 5.95. The summed E-state index contributed by atoms with van der Waals surface area (Å²) in [4.78, 5) is 10.5. The molecule has 0 saturated carbocycles. The number of hydrogen-bond acceptors (Lipinski definition) is 6. The number of nitrogens with two attached hydrogens (primary N) is 1. The predicted octanol–water partition coefficient (Wildman–Crippen LogP) is 1.23. The monoisotopic (exact) mass is 268 g/mol.